The molecule has 1 aliphatic rings. The topological polar surface area (TPSA) is 32.7 Å². The van der Waals surface area contributed by atoms with Gasteiger partial charge in [-0.05, 0) is 28.8 Å². The van der Waals surface area contributed by atoms with Gasteiger partial charge in [0.25, 0.3) is 0 Å². The standard InChI is InChI=1S/C17H19NO2/c19-16-7-5-14(6-8-16)17-4-2-1-3-15(17)13-18-9-11-20-12-10-18/h1-8,19H,9-13H2. The number of rotatable bonds is 3. The summed E-state index contributed by atoms with van der Waals surface area (Å²) in [6.07, 6.45) is 0. The van der Waals surface area contributed by atoms with Gasteiger partial charge in [0.1, 0.15) is 5.75 Å². The Morgan fingerprint density at radius 1 is 0.950 bits per heavy atom. The Bertz CT molecular complexity index is 559. The minimum atomic E-state index is 0.305. The van der Waals surface area contributed by atoms with Crippen molar-refractivity contribution in [2.45, 2.75) is 6.54 Å². The van der Waals surface area contributed by atoms with Crippen molar-refractivity contribution < 1.29 is 9.84 Å². The second-order valence-electron chi connectivity index (χ2n) is 5.09. The second-order valence-corrected chi connectivity index (χ2v) is 5.09. The molecule has 0 bridgehead atoms. The molecule has 2 aromatic carbocycles. The number of ether oxygens (including phenoxy) is 1. The molecule has 3 rings (SSSR count). The summed E-state index contributed by atoms with van der Waals surface area (Å²) in [5, 5.41) is 9.41. The number of benzene rings is 2. The molecule has 3 nitrogen and oxygen atoms in total. The lowest BCUT2D eigenvalue weighted by atomic mass is 9.99. The monoisotopic (exact) mass is 269 g/mol. The largest absolute Gasteiger partial charge is 0.508 e. The highest BCUT2D eigenvalue weighted by molar-refractivity contribution is 5.67. The van der Waals surface area contributed by atoms with Gasteiger partial charge < -0.3 is 9.84 Å². The van der Waals surface area contributed by atoms with Gasteiger partial charge in [-0.15, -0.1) is 0 Å². The van der Waals surface area contributed by atoms with Crippen LogP contribution in [0.2, 0.25) is 0 Å². The number of aromatic hydroxyl groups is 1. The van der Waals surface area contributed by atoms with E-state index in [0.29, 0.717) is 5.75 Å². The van der Waals surface area contributed by atoms with E-state index < -0.39 is 0 Å². The first-order chi connectivity index (χ1) is 9.83. The summed E-state index contributed by atoms with van der Waals surface area (Å²) in [6.45, 7) is 4.57. The van der Waals surface area contributed by atoms with E-state index in [9.17, 15) is 5.11 Å². The van der Waals surface area contributed by atoms with Crippen molar-refractivity contribution in [3.63, 3.8) is 0 Å². The number of nitrogens with zero attached hydrogens (tertiary/aromatic N) is 1. The van der Waals surface area contributed by atoms with E-state index >= 15 is 0 Å². The Kier molecular flexibility index (Phi) is 4.00. The van der Waals surface area contributed by atoms with Gasteiger partial charge in [-0.3, -0.25) is 4.90 Å². The summed E-state index contributed by atoms with van der Waals surface area (Å²) in [6, 6.07) is 15.9. The third-order valence-corrected chi connectivity index (χ3v) is 3.69. The van der Waals surface area contributed by atoms with Gasteiger partial charge in [0.05, 0.1) is 13.2 Å². The van der Waals surface area contributed by atoms with E-state index in [1.807, 2.05) is 12.1 Å². The van der Waals surface area contributed by atoms with Gasteiger partial charge in [-0.2, -0.15) is 0 Å². The molecular formula is C17H19NO2. The fraction of sp³-hybridized carbons (Fsp3) is 0.294. The molecule has 0 spiro atoms. The Labute approximate surface area is 119 Å². The third kappa shape index (κ3) is 3.00. The third-order valence-electron chi connectivity index (χ3n) is 3.69. The van der Waals surface area contributed by atoms with Crippen LogP contribution >= 0.6 is 0 Å². The predicted molar refractivity (Wildman–Crippen MR) is 79.6 cm³/mol. The van der Waals surface area contributed by atoms with Crippen molar-refractivity contribution in [2.24, 2.45) is 0 Å². The summed E-state index contributed by atoms with van der Waals surface area (Å²) in [7, 11) is 0. The zero-order chi connectivity index (χ0) is 13.8. The van der Waals surface area contributed by atoms with Gasteiger partial charge in [0, 0.05) is 19.6 Å². The molecule has 1 aliphatic heterocycles. The summed E-state index contributed by atoms with van der Waals surface area (Å²) < 4.78 is 5.40. The minimum Gasteiger partial charge on any atom is -0.508 e. The van der Waals surface area contributed by atoms with Crippen molar-refractivity contribution >= 4 is 0 Å². The van der Waals surface area contributed by atoms with Crippen LogP contribution in [0, 0.1) is 0 Å². The molecule has 104 valence electrons. The summed E-state index contributed by atoms with van der Waals surface area (Å²) >= 11 is 0. The average Bonchev–Trinajstić information content (AvgIpc) is 2.50. The van der Waals surface area contributed by atoms with Gasteiger partial charge in [-0.25, -0.2) is 0 Å². The van der Waals surface area contributed by atoms with Crippen LogP contribution in [0.15, 0.2) is 48.5 Å². The van der Waals surface area contributed by atoms with Crippen LogP contribution in [0.5, 0.6) is 5.75 Å². The van der Waals surface area contributed by atoms with Gasteiger partial charge in [0.15, 0.2) is 0 Å². The zero-order valence-electron chi connectivity index (χ0n) is 11.5. The van der Waals surface area contributed by atoms with Crippen molar-refractivity contribution in [1.82, 2.24) is 4.90 Å². The molecule has 0 atom stereocenters. The first-order valence-corrected chi connectivity index (χ1v) is 7.00. The maximum atomic E-state index is 9.41. The molecule has 3 heteroatoms. The number of phenolic OH excluding ortho intramolecular Hbond substituents is 1. The van der Waals surface area contributed by atoms with Crippen LogP contribution in [-0.4, -0.2) is 36.3 Å². The predicted octanol–water partition coefficient (Wildman–Crippen LogP) is 2.89. The van der Waals surface area contributed by atoms with Crippen LogP contribution in [0.25, 0.3) is 11.1 Å². The molecular weight excluding hydrogens is 250 g/mol. The molecule has 20 heavy (non-hydrogen) atoms. The summed E-state index contributed by atoms with van der Waals surface area (Å²) in [5.74, 6) is 0.305. The highest BCUT2D eigenvalue weighted by Crippen LogP contribution is 2.26. The Morgan fingerprint density at radius 2 is 1.65 bits per heavy atom. The van der Waals surface area contributed by atoms with Crippen molar-refractivity contribution in [3.8, 4) is 16.9 Å². The highest BCUT2D eigenvalue weighted by atomic mass is 16.5. The smallest absolute Gasteiger partial charge is 0.115 e. The Hall–Kier alpha value is -1.84. The molecule has 0 radical (unpaired) electrons. The second kappa shape index (κ2) is 6.07. The normalized spacial score (nSPS) is 16.2. The van der Waals surface area contributed by atoms with E-state index in [1.54, 1.807) is 12.1 Å². The molecule has 1 fully saturated rings. The number of hydrogen-bond acceptors (Lipinski definition) is 3. The molecule has 1 N–H and O–H groups in total. The molecule has 2 aromatic rings. The highest BCUT2D eigenvalue weighted by Gasteiger charge is 2.13. The lowest BCUT2D eigenvalue weighted by Gasteiger charge is -2.27. The van der Waals surface area contributed by atoms with Gasteiger partial charge in [0.2, 0.25) is 0 Å². The molecule has 0 saturated carbocycles. The lowest BCUT2D eigenvalue weighted by Crippen LogP contribution is -2.35. The molecule has 1 saturated heterocycles. The quantitative estimate of drug-likeness (QED) is 0.930. The maximum Gasteiger partial charge on any atom is 0.115 e. The van der Waals surface area contributed by atoms with Crippen molar-refractivity contribution in [2.75, 3.05) is 26.3 Å². The van der Waals surface area contributed by atoms with E-state index in [-0.39, 0.29) is 0 Å². The van der Waals surface area contributed by atoms with E-state index in [4.69, 9.17) is 4.74 Å². The Balaban J connectivity index is 1.85. The van der Waals surface area contributed by atoms with Crippen molar-refractivity contribution in [3.05, 3.63) is 54.1 Å². The fourth-order valence-electron chi connectivity index (χ4n) is 2.58. The van der Waals surface area contributed by atoms with Crippen LogP contribution < -0.4 is 0 Å². The van der Waals surface area contributed by atoms with Crippen molar-refractivity contribution in [1.29, 1.82) is 0 Å². The number of hydrogen-bond donors (Lipinski definition) is 1. The van der Waals surface area contributed by atoms with Gasteiger partial charge >= 0.3 is 0 Å². The van der Waals surface area contributed by atoms with Crippen LogP contribution in [-0.2, 0) is 11.3 Å². The van der Waals surface area contributed by atoms with Crippen LogP contribution in [0.3, 0.4) is 0 Å². The maximum absolute atomic E-state index is 9.41. The molecule has 0 unspecified atom stereocenters. The molecule has 1 heterocycles. The fourth-order valence-corrected chi connectivity index (χ4v) is 2.58. The molecule has 0 amide bonds. The summed E-state index contributed by atoms with van der Waals surface area (Å²) in [5.41, 5.74) is 3.70. The zero-order valence-corrected chi connectivity index (χ0v) is 11.5. The van der Waals surface area contributed by atoms with Crippen LogP contribution in [0.1, 0.15) is 5.56 Å². The minimum absolute atomic E-state index is 0.305. The van der Waals surface area contributed by atoms with E-state index in [2.05, 4.69) is 29.2 Å². The van der Waals surface area contributed by atoms with Crippen LogP contribution in [0.4, 0.5) is 0 Å². The average molecular weight is 269 g/mol. The number of morpholine rings is 1. The molecule has 0 aromatic heterocycles. The Morgan fingerprint density at radius 3 is 2.40 bits per heavy atom. The van der Waals surface area contributed by atoms with E-state index in [0.717, 1.165) is 38.4 Å². The molecule has 0 aliphatic carbocycles. The van der Waals surface area contributed by atoms with Gasteiger partial charge in [-0.1, -0.05) is 36.4 Å². The van der Waals surface area contributed by atoms with E-state index in [1.165, 1.54) is 11.1 Å². The summed E-state index contributed by atoms with van der Waals surface area (Å²) in [4.78, 5) is 2.42. The SMILES string of the molecule is Oc1ccc(-c2ccccc2CN2CCOCC2)cc1. The first-order valence-electron chi connectivity index (χ1n) is 7.00. The first kappa shape index (κ1) is 13.2. The number of phenols is 1. The lowest BCUT2D eigenvalue weighted by molar-refractivity contribution is 0.0342.